The lowest BCUT2D eigenvalue weighted by Gasteiger charge is -2.05. The zero-order valence-electron chi connectivity index (χ0n) is 6.64. The number of hydrogen-bond donors (Lipinski definition) is 1. The Labute approximate surface area is 79.8 Å². The van der Waals surface area contributed by atoms with E-state index in [1.165, 1.54) is 5.56 Å². The first-order valence-corrected chi connectivity index (χ1v) is 4.74. The highest BCUT2D eigenvalue weighted by atomic mass is 79.9. The number of benzene rings is 1. The molecule has 0 unspecified atom stereocenters. The Bertz CT molecular complexity index is 312. The highest BCUT2D eigenvalue weighted by Gasteiger charge is 2.15. The molecule has 0 fully saturated rings. The van der Waals surface area contributed by atoms with Gasteiger partial charge in [0.2, 0.25) is 0 Å². The van der Waals surface area contributed by atoms with Crippen LogP contribution in [0.5, 0.6) is 5.75 Å². The Morgan fingerprint density at radius 2 is 2.33 bits per heavy atom. The number of fused-ring (bicyclic) bond motifs is 1. The Kier molecular flexibility index (Phi) is 2.07. The third kappa shape index (κ3) is 1.23. The molecule has 0 spiro atoms. The molecule has 0 amide bonds. The molecule has 0 aliphatic carbocycles. The van der Waals surface area contributed by atoms with Gasteiger partial charge in [0.05, 0.1) is 6.61 Å². The van der Waals surface area contributed by atoms with Gasteiger partial charge in [-0.3, -0.25) is 0 Å². The molecular formula is C9H10BrNO. The molecule has 3 heteroatoms. The number of halogens is 1. The van der Waals surface area contributed by atoms with Crippen molar-refractivity contribution in [3.05, 3.63) is 27.7 Å². The summed E-state index contributed by atoms with van der Waals surface area (Å²) in [5, 5.41) is 0. The lowest BCUT2D eigenvalue weighted by molar-refractivity contribution is 0.353. The average molecular weight is 228 g/mol. The van der Waals surface area contributed by atoms with Gasteiger partial charge in [-0.2, -0.15) is 0 Å². The Morgan fingerprint density at radius 3 is 3.08 bits per heavy atom. The predicted octanol–water partition coefficient (Wildman–Crippen LogP) is 1.84. The van der Waals surface area contributed by atoms with Crippen molar-refractivity contribution in [3.8, 4) is 5.75 Å². The van der Waals surface area contributed by atoms with Crippen molar-refractivity contribution in [2.45, 2.75) is 13.0 Å². The van der Waals surface area contributed by atoms with Crippen molar-refractivity contribution >= 4 is 15.9 Å². The van der Waals surface area contributed by atoms with Crippen LogP contribution in [0.4, 0.5) is 0 Å². The molecule has 0 radical (unpaired) electrons. The van der Waals surface area contributed by atoms with Crippen LogP contribution in [-0.2, 0) is 13.0 Å². The molecule has 12 heavy (non-hydrogen) atoms. The predicted molar refractivity (Wildman–Crippen MR) is 51.2 cm³/mol. The number of ether oxygens (including phenoxy) is 1. The molecule has 1 aromatic carbocycles. The first-order valence-electron chi connectivity index (χ1n) is 3.95. The zero-order valence-corrected chi connectivity index (χ0v) is 8.23. The maximum atomic E-state index is 5.59. The summed E-state index contributed by atoms with van der Waals surface area (Å²) in [6, 6.07) is 4.12. The molecule has 1 aliphatic rings. The molecule has 1 aromatic rings. The van der Waals surface area contributed by atoms with Gasteiger partial charge in [-0.25, -0.2) is 0 Å². The summed E-state index contributed by atoms with van der Waals surface area (Å²) < 4.78 is 6.56. The van der Waals surface area contributed by atoms with Crippen molar-refractivity contribution < 1.29 is 4.74 Å². The van der Waals surface area contributed by atoms with Gasteiger partial charge >= 0.3 is 0 Å². The molecule has 2 N–H and O–H groups in total. The second kappa shape index (κ2) is 3.07. The fourth-order valence-corrected chi connectivity index (χ4v) is 2.05. The first kappa shape index (κ1) is 8.08. The van der Waals surface area contributed by atoms with E-state index in [4.69, 9.17) is 10.5 Å². The number of hydrogen-bond acceptors (Lipinski definition) is 2. The SMILES string of the molecule is NCc1cc(Br)cc2c1OCC2. The molecule has 0 bridgehead atoms. The maximum Gasteiger partial charge on any atom is 0.127 e. The van der Waals surface area contributed by atoms with Crippen LogP contribution in [-0.4, -0.2) is 6.61 Å². The highest BCUT2D eigenvalue weighted by Crippen LogP contribution is 2.32. The van der Waals surface area contributed by atoms with E-state index in [2.05, 4.69) is 22.0 Å². The smallest absolute Gasteiger partial charge is 0.127 e. The van der Waals surface area contributed by atoms with Gasteiger partial charge in [-0.15, -0.1) is 0 Å². The minimum atomic E-state index is 0.543. The lowest BCUT2D eigenvalue weighted by atomic mass is 10.1. The van der Waals surface area contributed by atoms with Gasteiger partial charge in [0, 0.05) is 23.0 Å². The van der Waals surface area contributed by atoms with Crippen LogP contribution < -0.4 is 10.5 Å². The van der Waals surface area contributed by atoms with Crippen molar-refractivity contribution in [2.75, 3.05) is 6.61 Å². The first-order chi connectivity index (χ1) is 5.81. The van der Waals surface area contributed by atoms with E-state index < -0.39 is 0 Å². The molecule has 64 valence electrons. The second-order valence-electron chi connectivity index (χ2n) is 2.86. The molecule has 1 aliphatic heterocycles. The van der Waals surface area contributed by atoms with E-state index in [9.17, 15) is 0 Å². The molecule has 2 nitrogen and oxygen atoms in total. The Morgan fingerprint density at radius 1 is 1.50 bits per heavy atom. The molecule has 2 rings (SSSR count). The van der Waals surface area contributed by atoms with Crippen molar-refractivity contribution in [2.24, 2.45) is 5.73 Å². The van der Waals surface area contributed by atoms with Crippen LogP contribution >= 0.6 is 15.9 Å². The van der Waals surface area contributed by atoms with Crippen LogP contribution in [0.2, 0.25) is 0 Å². The number of nitrogens with two attached hydrogens (primary N) is 1. The third-order valence-corrected chi connectivity index (χ3v) is 2.50. The quantitative estimate of drug-likeness (QED) is 0.795. The maximum absolute atomic E-state index is 5.59. The van der Waals surface area contributed by atoms with Crippen LogP contribution in [0.25, 0.3) is 0 Å². The van der Waals surface area contributed by atoms with Crippen LogP contribution in [0.3, 0.4) is 0 Å². The molecule has 1 heterocycles. The van der Waals surface area contributed by atoms with Gasteiger partial charge in [0.25, 0.3) is 0 Å². The minimum Gasteiger partial charge on any atom is -0.493 e. The van der Waals surface area contributed by atoms with E-state index in [1.54, 1.807) is 0 Å². The topological polar surface area (TPSA) is 35.2 Å². The fraction of sp³-hybridized carbons (Fsp3) is 0.333. The second-order valence-corrected chi connectivity index (χ2v) is 3.77. The van der Waals surface area contributed by atoms with Gasteiger partial charge in [-0.1, -0.05) is 15.9 Å². The minimum absolute atomic E-state index is 0.543. The van der Waals surface area contributed by atoms with Crippen molar-refractivity contribution in [1.82, 2.24) is 0 Å². The van der Waals surface area contributed by atoms with E-state index in [-0.39, 0.29) is 0 Å². The summed E-state index contributed by atoms with van der Waals surface area (Å²) in [4.78, 5) is 0. The largest absolute Gasteiger partial charge is 0.493 e. The molecule has 0 aromatic heterocycles. The van der Waals surface area contributed by atoms with Gasteiger partial charge in [0.15, 0.2) is 0 Å². The lowest BCUT2D eigenvalue weighted by Crippen LogP contribution is -1.99. The molecular weight excluding hydrogens is 218 g/mol. The fourth-order valence-electron chi connectivity index (χ4n) is 1.50. The van der Waals surface area contributed by atoms with Gasteiger partial charge < -0.3 is 10.5 Å². The molecule has 0 atom stereocenters. The van der Waals surface area contributed by atoms with Crippen LogP contribution in [0.15, 0.2) is 16.6 Å². The van der Waals surface area contributed by atoms with Gasteiger partial charge in [0.1, 0.15) is 5.75 Å². The Hall–Kier alpha value is -0.540. The molecule has 0 saturated heterocycles. The van der Waals surface area contributed by atoms with Crippen molar-refractivity contribution in [1.29, 1.82) is 0 Å². The van der Waals surface area contributed by atoms with Crippen LogP contribution in [0.1, 0.15) is 11.1 Å². The monoisotopic (exact) mass is 227 g/mol. The summed E-state index contributed by atoms with van der Waals surface area (Å²) >= 11 is 3.45. The summed E-state index contributed by atoms with van der Waals surface area (Å²) in [6.45, 7) is 1.33. The summed E-state index contributed by atoms with van der Waals surface area (Å²) in [7, 11) is 0. The average Bonchev–Trinajstić information content (AvgIpc) is 2.50. The normalized spacial score (nSPS) is 14.2. The highest BCUT2D eigenvalue weighted by molar-refractivity contribution is 9.10. The van der Waals surface area contributed by atoms with E-state index in [0.29, 0.717) is 6.54 Å². The zero-order chi connectivity index (χ0) is 8.55. The summed E-state index contributed by atoms with van der Waals surface area (Å²) in [5.74, 6) is 1.00. The standard InChI is InChI=1S/C9H10BrNO/c10-8-3-6-1-2-12-9(6)7(4-8)5-11/h3-4H,1-2,5,11H2. The summed E-state index contributed by atoms with van der Waals surface area (Å²) in [6.07, 6.45) is 1.00. The van der Waals surface area contributed by atoms with Gasteiger partial charge in [-0.05, 0) is 17.7 Å². The summed E-state index contributed by atoms with van der Waals surface area (Å²) in [5.41, 5.74) is 7.95. The van der Waals surface area contributed by atoms with Crippen molar-refractivity contribution in [3.63, 3.8) is 0 Å². The third-order valence-electron chi connectivity index (χ3n) is 2.05. The Balaban J connectivity index is 2.55. The van der Waals surface area contributed by atoms with Crippen LogP contribution in [0, 0.1) is 0 Å². The number of rotatable bonds is 1. The van der Waals surface area contributed by atoms with E-state index >= 15 is 0 Å². The van der Waals surface area contributed by atoms with E-state index in [1.807, 2.05) is 6.07 Å². The van der Waals surface area contributed by atoms with E-state index in [0.717, 1.165) is 28.8 Å². The molecule has 0 saturated carbocycles.